The maximum Gasteiger partial charge on any atom is 0.327 e. The molecule has 0 unspecified atom stereocenters. The fourth-order valence-electron chi connectivity index (χ4n) is 4.82. The molecule has 9 nitrogen and oxygen atoms in total. The Balaban J connectivity index is 1.34. The smallest absolute Gasteiger partial charge is 0.327 e. The number of aromatic nitrogens is 5. The van der Waals surface area contributed by atoms with E-state index in [4.69, 9.17) is 4.98 Å². The summed E-state index contributed by atoms with van der Waals surface area (Å²) in [4.78, 5) is 31.3. The summed E-state index contributed by atoms with van der Waals surface area (Å²) in [5.41, 5.74) is 7.14. The summed E-state index contributed by atoms with van der Waals surface area (Å²) in [5.74, 6) is 0.688. The van der Waals surface area contributed by atoms with Gasteiger partial charge in [0.25, 0.3) is 0 Å². The molecule has 0 spiro atoms. The van der Waals surface area contributed by atoms with E-state index < -0.39 is 0 Å². The predicted octanol–water partition coefficient (Wildman–Crippen LogP) is 4.18. The number of nitrogens with zero attached hydrogens (tertiary/aromatic N) is 6. The molecular weight excluding hydrogens is 428 g/mol. The SMILES string of the molecule is Cc1cc(-c2ccc3c(n2)N(C(=O)Nc2cncc(-c4cn[nH]c4C)c2)[C@H]2CCN3C2)ccn1. The first-order chi connectivity index (χ1) is 16.6. The highest BCUT2D eigenvalue weighted by molar-refractivity contribution is 6.05. The molecule has 2 aliphatic rings. The van der Waals surface area contributed by atoms with Crippen LogP contribution in [0.1, 0.15) is 17.8 Å². The lowest BCUT2D eigenvalue weighted by atomic mass is 10.1. The first kappa shape index (κ1) is 20.3. The number of aromatic amines is 1. The number of nitrogens with one attached hydrogen (secondary N) is 2. The topological polar surface area (TPSA) is 103 Å². The molecule has 170 valence electrons. The van der Waals surface area contributed by atoms with Gasteiger partial charge in [0.1, 0.15) is 0 Å². The number of fused-ring (bicyclic) bond motifs is 4. The van der Waals surface area contributed by atoms with Crippen LogP contribution in [0.15, 0.2) is 55.1 Å². The lowest BCUT2D eigenvalue weighted by Crippen LogP contribution is -2.48. The molecule has 2 amide bonds. The highest BCUT2D eigenvalue weighted by atomic mass is 16.2. The Kier molecular flexibility index (Phi) is 4.75. The van der Waals surface area contributed by atoms with Gasteiger partial charge in [-0.2, -0.15) is 5.10 Å². The Hall–Kier alpha value is -4.27. The van der Waals surface area contributed by atoms with E-state index in [1.807, 2.05) is 43.0 Å². The number of urea groups is 1. The van der Waals surface area contributed by atoms with Crippen molar-refractivity contribution in [3.05, 3.63) is 66.5 Å². The Morgan fingerprint density at radius 2 is 2.03 bits per heavy atom. The largest absolute Gasteiger partial charge is 0.366 e. The van der Waals surface area contributed by atoms with Gasteiger partial charge in [-0.1, -0.05) is 0 Å². The van der Waals surface area contributed by atoms with Gasteiger partial charge >= 0.3 is 6.03 Å². The molecule has 0 aliphatic carbocycles. The molecule has 2 aliphatic heterocycles. The normalized spacial score (nSPS) is 16.5. The second kappa shape index (κ2) is 7.95. The molecule has 4 aromatic heterocycles. The quantitative estimate of drug-likeness (QED) is 0.484. The molecule has 34 heavy (non-hydrogen) atoms. The van der Waals surface area contributed by atoms with Gasteiger partial charge < -0.3 is 10.2 Å². The summed E-state index contributed by atoms with van der Waals surface area (Å²) in [6, 6.07) is 9.82. The van der Waals surface area contributed by atoms with Crippen molar-refractivity contribution in [1.29, 1.82) is 0 Å². The van der Waals surface area contributed by atoms with Crippen LogP contribution in [0.4, 0.5) is 22.0 Å². The van der Waals surface area contributed by atoms with Gasteiger partial charge in [-0.3, -0.25) is 20.0 Å². The van der Waals surface area contributed by atoms with E-state index in [-0.39, 0.29) is 12.1 Å². The number of amides is 2. The van der Waals surface area contributed by atoms with Gasteiger partial charge in [-0.05, 0) is 50.6 Å². The second-order valence-corrected chi connectivity index (χ2v) is 8.78. The van der Waals surface area contributed by atoms with Crippen molar-refractivity contribution in [3.8, 4) is 22.4 Å². The van der Waals surface area contributed by atoms with E-state index >= 15 is 0 Å². The molecule has 0 saturated carbocycles. The van der Waals surface area contributed by atoms with Crippen molar-refractivity contribution in [2.24, 2.45) is 0 Å². The molecule has 0 radical (unpaired) electrons. The third-order valence-corrected chi connectivity index (χ3v) is 6.49. The lowest BCUT2D eigenvalue weighted by Gasteiger charge is -2.36. The fourth-order valence-corrected chi connectivity index (χ4v) is 4.82. The molecule has 6 heterocycles. The molecule has 6 rings (SSSR count). The molecule has 9 heteroatoms. The minimum Gasteiger partial charge on any atom is -0.366 e. The van der Waals surface area contributed by atoms with Crippen molar-refractivity contribution in [3.63, 3.8) is 0 Å². The third kappa shape index (κ3) is 3.45. The minimum absolute atomic E-state index is 0.0710. The highest BCUT2D eigenvalue weighted by Gasteiger charge is 2.40. The van der Waals surface area contributed by atoms with Crippen molar-refractivity contribution < 1.29 is 4.79 Å². The van der Waals surface area contributed by atoms with Gasteiger partial charge in [0.2, 0.25) is 0 Å². The number of anilines is 3. The number of carbonyl (C=O) groups is 1. The van der Waals surface area contributed by atoms with Crippen LogP contribution in [-0.4, -0.2) is 50.3 Å². The monoisotopic (exact) mass is 452 g/mol. The van der Waals surface area contributed by atoms with Gasteiger partial charge in [0.05, 0.1) is 35.5 Å². The van der Waals surface area contributed by atoms with E-state index in [2.05, 4.69) is 36.4 Å². The molecule has 4 aromatic rings. The molecule has 2 bridgehead atoms. The summed E-state index contributed by atoms with van der Waals surface area (Å²) in [6.45, 7) is 5.63. The van der Waals surface area contributed by atoms with Crippen molar-refractivity contribution in [2.45, 2.75) is 26.3 Å². The molecule has 1 atom stereocenters. The fraction of sp³-hybridized carbons (Fsp3) is 0.240. The number of H-pyrrole nitrogens is 1. The van der Waals surface area contributed by atoms with Crippen molar-refractivity contribution in [2.75, 3.05) is 28.2 Å². The predicted molar refractivity (Wildman–Crippen MR) is 131 cm³/mol. The van der Waals surface area contributed by atoms with Crippen LogP contribution in [0, 0.1) is 13.8 Å². The molecule has 2 N–H and O–H groups in total. The molecular formula is C25H24N8O. The number of hydrogen-bond acceptors (Lipinski definition) is 6. The number of carbonyl (C=O) groups excluding carboxylic acids is 1. The first-order valence-electron chi connectivity index (χ1n) is 11.3. The summed E-state index contributed by atoms with van der Waals surface area (Å²) in [7, 11) is 0. The van der Waals surface area contributed by atoms with E-state index in [0.29, 0.717) is 11.5 Å². The van der Waals surface area contributed by atoms with Crippen LogP contribution in [0.3, 0.4) is 0 Å². The van der Waals surface area contributed by atoms with E-state index in [1.165, 1.54) is 0 Å². The Labute approximate surface area is 196 Å². The standard InChI is InChI=1S/C25H24N8O/c1-15-9-17(5-7-27-15)22-3-4-23-24(30-22)33(20-6-8-32(23)14-20)25(34)29-19-10-18(11-26-12-19)21-13-28-31-16(21)2/h3-5,7,9-13,20H,6,8,14H2,1-2H3,(H,28,31)(H,29,34)/t20-/m0/s1. The van der Waals surface area contributed by atoms with Crippen molar-refractivity contribution >= 4 is 23.2 Å². The van der Waals surface area contributed by atoms with Crippen LogP contribution >= 0.6 is 0 Å². The van der Waals surface area contributed by atoms with Crippen LogP contribution in [0.2, 0.25) is 0 Å². The lowest BCUT2D eigenvalue weighted by molar-refractivity contribution is 0.255. The number of hydrogen-bond donors (Lipinski definition) is 2. The van der Waals surface area contributed by atoms with Crippen LogP contribution in [0.25, 0.3) is 22.4 Å². The van der Waals surface area contributed by atoms with Gasteiger partial charge in [0.15, 0.2) is 5.82 Å². The summed E-state index contributed by atoms with van der Waals surface area (Å²) in [6.07, 6.45) is 7.87. The zero-order valence-electron chi connectivity index (χ0n) is 19.0. The van der Waals surface area contributed by atoms with E-state index in [1.54, 1.807) is 24.8 Å². The average Bonchev–Trinajstić information content (AvgIpc) is 3.46. The molecule has 0 aromatic carbocycles. The minimum atomic E-state index is -0.203. The van der Waals surface area contributed by atoms with Crippen LogP contribution in [0.5, 0.6) is 0 Å². The maximum atomic E-state index is 13.6. The highest BCUT2D eigenvalue weighted by Crippen LogP contribution is 2.40. The number of aryl methyl sites for hydroxylation is 2. The zero-order chi connectivity index (χ0) is 23.2. The van der Waals surface area contributed by atoms with E-state index in [9.17, 15) is 4.79 Å². The van der Waals surface area contributed by atoms with Gasteiger partial charge in [-0.25, -0.2) is 9.78 Å². The number of rotatable bonds is 3. The van der Waals surface area contributed by atoms with Gasteiger partial charge in [0, 0.05) is 53.6 Å². The molecule has 1 fully saturated rings. The number of pyridine rings is 3. The Bertz CT molecular complexity index is 1400. The van der Waals surface area contributed by atoms with Crippen LogP contribution in [-0.2, 0) is 0 Å². The summed E-state index contributed by atoms with van der Waals surface area (Å²) in [5, 5.41) is 10.1. The summed E-state index contributed by atoms with van der Waals surface area (Å²) >= 11 is 0. The van der Waals surface area contributed by atoms with Gasteiger partial charge in [-0.15, -0.1) is 0 Å². The second-order valence-electron chi connectivity index (χ2n) is 8.78. The Morgan fingerprint density at radius 1 is 1.12 bits per heavy atom. The Morgan fingerprint density at radius 3 is 2.85 bits per heavy atom. The maximum absolute atomic E-state index is 13.6. The summed E-state index contributed by atoms with van der Waals surface area (Å²) < 4.78 is 0. The zero-order valence-corrected chi connectivity index (χ0v) is 19.0. The van der Waals surface area contributed by atoms with E-state index in [0.717, 1.165) is 59.0 Å². The van der Waals surface area contributed by atoms with Crippen LogP contribution < -0.4 is 15.1 Å². The third-order valence-electron chi connectivity index (χ3n) is 6.49. The van der Waals surface area contributed by atoms with Crippen molar-refractivity contribution in [1.82, 2.24) is 25.1 Å². The average molecular weight is 453 g/mol. The first-order valence-corrected chi connectivity index (χ1v) is 11.3. The molecule has 1 saturated heterocycles.